The van der Waals surface area contributed by atoms with Gasteiger partial charge in [0.1, 0.15) is 5.82 Å². The average molecular weight is 409 g/mol. The third kappa shape index (κ3) is 4.04. The van der Waals surface area contributed by atoms with Gasteiger partial charge < -0.3 is 14.5 Å². The molecule has 2 aromatic heterocycles. The predicted molar refractivity (Wildman–Crippen MR) is 111 cm³/mol. The second kappa shape index (κ2) is 8.62. The Labute approximate surface area is 174 Å². The number of ether oxygens (including phenoxy) is 1. The van der Waals surface area contributed by atoms with Gasteiger partial charge in [-0.1, -0.05) is 6.92 Å². The quantitative estimate of drug-likeness (QED) is 0.649. The third-order valence-electron chi connectivity index (χ3n) is 5.35. The molecular formula is C22H24FN5O2. The minimum Gasteiger partial charge on any atom is -0.481 e. The van der Waals surface area contributed by atoms with Crippen LogP contribution in [-0.2, 0) is 0 Å². The van der Waals surface area contributed by atoms with Gasteiger partial charge in [0, 0.05) is 37.8 Å². The monoisotopic (exact) mass is 409 g/mol. The average Bonchev–Trinajstić information content (AvgIpc) is 3.24. The van der Waals surface area contributed by atoms with E-state index in [-0.39, 0.29) is 11.7 Å². The summed E-state index contributed by atoms with van der Waals surface area (Å²) in [5, 5.41) is 4.59. The molecule has 0 atom stereocenters. The molecule has 0 bridgehead atoms. The molecule has 0 unspecified atom stereocenters. The van der Waals surface area contributed by atoms with Gasteiger partial charge in [0.05, 0.1) is 24.7 Å². The van der Waals surface area contributed by atoms with Crippen LogP contribution in [0.25, 0.3) is 16.9 Å². The van der Waals surface area contributed by atoms with Crippen LogP contribution < -0.4 is 4.74 Å². The number of amides is 1. The summed E-state index contributed by atoms with van der Waals surface area (Å²) in [5.74, 6) is 0.0645. The maximum Gasteiger partial charge on any atom is 0.274 e. The summed E-state index contributed by atoms with van der Waals surface area (Å²) < 4.78 is 20.2. The lowest BCUT2D eigenvalue weighted by Gasteiger charge is -2.33. The molecule has 1 aromatic carbocycles. The second-order valence-electron chi connectivity index (χ2n) is 7.12. The van der Waals surface area contributed by atoms with Crippen LogP contribution in [0.5, 0.6) is 5.88 Å². The van der Waals surface area contributed by atoms with Crippen molar-refractivity contribution in [3.05, 3.63) is 60.2 Å². The van der Waals surface area contributed by atoms with Crippen molar-refractivity contribution in [3.8, 4) is 22.8 Å². The molecule has 3 aromatic rings. The number of pyridine rings is 1. The minimum absolute atomic E-state index is 0.102. The summed E-state index contributed by atoms with van der Waals surface area (Å²) in [6.45, 7) is 6.17. The lowest BCUT2D eigenvalue weighted by molar-refractivity contribution is 0.0637. The Morgan fingerprint density at radius 2 is 1.83 bits per heavy atom. The molecule has 1 aliphatic heterocycles. The van der Waals surface area contributed by atoms with E-state index in [2.05, 4.69) is 21.9 Å². The SMILES string of the molecule is CCN1CCN(C(=O)c2cc(-c3ccc(F)cc3)n(-c3ccc(OC)nc3)n2)CC1. The fraction of sp³-hybridized carbons (Fsp3) is 0.318. The lowest BCUT2D eigenvalue weighted by atomic mass is 10.1. The first-order valence-electron chi connectivity index (χ1n) is 9.97. The predicted octanol–water partition coefficient (Wildman–Crippen LogP) is 2.86. The van der Waals surface area contributed by atoms with E-state index >= 15 is 0 Å². The number of carbonyl (C=O) groups is 1. The molecule has 0 N–H and O–H groups in total. The Kier molecular flexibility index (Phi) is 5.76. The highest BCUT2D eigenvalue weighted by atomic mass is 19.1. The minimum atomic E-state index is -0.318. The molecule has 1 aliphatic rings. The Balaban J connectivity index is 1.70. The van der Waals surface area contributed by atoms with Crippen LogP contribution in [0.1, 0.15) is 17.4 Å². The first-order chi connectivity index (χ1) is 14.6. The zero-order valence-corrected chi connectivity index (χ0v) is 17.1. The van der Waals surface area contributed by atoms with E-state index in [4.69, 9.17) is 4.74 Å². The number of hydrogen-bond donors (Lipinski definition) is 0. The van der Waals surface area contributed by atoms with Gasteiger partial charge in [0.25, 0.3) is 5.91 Å². The molecule has 4 rings (SSSR count). The zero-order chi connectivity index (χ0) is 21.1. The number of hydrogen-bond acceptors (Lipinski definition) is 5. The molecule has 0 aliphatic carbocycles. The topological polar surface area (TPSA) is 63.5 Å². The molecule has 8 heteroatoms. The van der Waals surface area contributed by atoms with Crippen LogP contribution >= 0.6 is 0 Å². The number of benzene rings is 1. The summed E-state index contributed by atoms with van der Waals surface area (Å²) >= 11 is 0. The second-order valence-corrected chi connectivity index (χ2v) is 7.12. The van der Waals surface area contributed by atoms with Crippen LogP contribution in [0.3, 0.4) is 0 Å². The number of likely N-dealkylation sites (N-methyl/N-ethyl adjacent to an activating group) is 1. The van der Waals surface area contributed by atoms with Crippen molar-refractivity contribution in [2.75, 3.05) is 39.8 Å². The van der Waals surface area contributed by atoms with Gasteiger partial charge >= 0.3 is 0 Å². The summed E-state index contributed by atoms with van der Waals surface area (Å²) in [6, 6.07) is 11.4. The van der Waals surface area contributed by atoms with Crippen molar-refractivity contribution >= 4 is 5.91 Å². The summed E-state index contributed by atoms with van der Waals surface area (Å²) in [7, 11) is 1.55. The largest absolute Gasteiger partial charge is 0.481 e. The van der Waals surface area contributed by atoms with E-state index in [1.54, 1.807) is 42.3 Å². The van der Waals surface area contributed by atoms with E-state index in [9.17, 15) is 9.18 Å². The highest BCUT2D eigenvalue weighted by molar-refractivity contribution is 5.93. The van der Waals surface area contributed by atoms with E-state index in [0.717, 1.165) is 25.2 Å². The summed E-state index contributed by atoms with van der Waals surface area (Å²) in [5.41, 5.74) is 2.49. The molecule has 0 spiro atoms. The molecule has 0 radical (unpaired) electrons. The van der Waals surface area contributed by atoms with Crippen LogP contribution in [0.2, 0.25) is 0 Å². The molecule has 1 amide bonds. The van der Waals surface area contributed by atoms with E-state index in [1.807, 2.05) is 11.0 Å². The summed E-state index contributed by atoms with van der Waals surface area (Å²) in [4.78, 5) is 21.5. The first-order valence-corrected chi connectivity index (χ1v) is 9.97. The van der Waals surface area contributed by atoms with Crippen molar-refractivity contribution < 1.29 is 13.9 Å². The highest BCUT2D eigenvalue weighted by Crippen LogP contribution is 2.25. The van der Waals surface area contributed by atoms with Crippen molar-refractivity contribution in [3.63, 3.8) is 0 Å². The number of nitrogens with zero attached hydrogens (tertiary/aromatic N) is 5. The van der Waals surface area contributed by atoms with E-state index in [1.165, 1.54) is 12.1 Å². The van der Waals surface area contributed by atoms with Gasteiger partial charge in [-0.3, -0.25) is 4.79 Å². The molecule has 30 heavy (non-hydrogen) atoms. The fourth-order valence-electron chi connectivity index (χ4n) is 3.56. The molecule has 7 nitrogen and oxygen atoms in total. The Morgan fingerprint density at radius 1 is 1.10 bits per heavy atom. The van der Waals surface area contributed by atoms with Gasteiger partial charge in [0.15, 0.2) is 5.69 Å². The van der Waals surface area contributed by atoms with Crippen LogP contribution in [0, 0.1) is 5.82 Å². The number of methoxy groups -OCH3 is 1. The van der Waals surface area contributed by atoms with E-state index < -0.39 is 0 Å². The molecule has 1 saturated heterocycles. The number of rotatable bonds is 5. The van der Waals surface area contributed by atoms with Gasteiger partial charge in [-0.15, -0.1) is 0 Å². The van der Waals surface area contributed by atoms with Crippen LogP contribution in [0.15, 0.2) is 48.7 Å². The maximum atomic E-state index is 13.4. The Hall–Kier alpha value is -3.26. The standard InChI is InChI=1S/C22H24FN5O2/c1-3-26-10-12-27(13-11-26)22(29)19-14-20(16-4-6-17(23)7-5-16)28(25-19)18-8-9-21(30-2)24-15-18/h4-9,14-15H,3,10-13H2,1-2H3. The fourth-order valence-corrected chi connectivity index (χ4v) is 3.56. The van der Waals surface area contributed by atoms with Gasteiger partial charge in [-0.05, 0) is 42.9 Å². The maximum absolute atomic E-state index is 13.4. The van der Waals surface area contributed by atoms with Crippen molar-refractivity contribution in [1.29, 1.82) is 0 Å². The van der Waals surface area contributed by atoms with E-state index in [0.29, 0.717) is 36.0 Å². The van der Waals surface area contributed by atoms with Gasteiger partial charge in [-0.25, -0.2) is 14.1 Å². The van der Waals surface area contributed by atoms with Crippen molar-refractivity contribution in [2.24, 2.45) is 0 Å². The third-order valence-corrected chi connectivity index (χ3v) is 5.35. The van der Waals surface area contributed by atoms with Crippen molar-refractivity contribution in [2.45, 2.75) is 6.92 Å². The summed E-state index contributed by atoms with van der Waals surface area (Å²) in [6.07, 6.45) is 1.63. The zero-order valence-electron chi connectivity index (χ0n) is 17.1. The highest BCUT2D eigenvalue weighted by Gasteiger charge is 2.25. The molecule has 1 fully saturated rings. The number of carbonyl (C=O) groups excluding carboxylic acids is 1. The first kappa shape index (κ1) is 20.0. The molecule has 0 saturated carbocycles. The van der Waals surface area contributed by atoms with Crippen LogP contribution in [-0.4, -0.2) is 70.3 Å². The van der Waals surface area contributed by atoms with Crippen molar-refractivity contribution in [1.82, 2.24) is 24.6 Å². The number of aromatic nitrogens is 3. The normalized spacial score (nSPS) is 14.7. The lowest BCUT2D eigenvalue weighted by Crippen LogP contribution is -2.48. The molecule has 3 heterocycles. The Morgan fingerprint density at radius 3 is 2.43 bits per heavy atom. The molecule has 156 valence electrons. The molecular weight excluding hydrogens is 385 g/mol. The Bertz CT molecular complexity index is 1010. The number of halogens is 1. The van der Waals surface area contributed by atoms with Gasteiger partial charge in [-0.2, -0.15) is 5.10 Å². The smallest absolute Gasteiger partial charge is 0.274 e. The van der Waals surface area contributed by atoms with Crippen LogP contribution in [0.4, 0.5) is 4.39 Å². The number of piperazine rings is 1. The van der Waals surface area contributed by atoms with Gasteiger partial charge in [0.2, 0.25) is 5.88 Å².